The van der Waals surface area contributed by atoms with Crippen molar-refractivity contribution in [2.75, 3.05) is 20.3 Å². The van der Waals surface area contributed by atoms with E-state index in [1.165, 1.54) is 56.3 Å². The predicted octanol–water partition coefficient (Wildman–Crippen LogP) is 6.98. The van der Waals surface area contributed by atoms with Gasteiger partial charge in [-0.2, -0.15) is 0 Å². The summed E-state index contributed by atoms with van der Waals surface area (Å²) >= 11 is 0. The molecule has 30 heavy (non-hydrogen) atoms. The van der Waals surface area contributed by atoms with Crippen molar-refractivity contribution in [1.29, 1.82) is 0 Å². The molecular formula is C25H49NO4. The lowest BCUT2D eigenvalue weighted by Crippen LogP contribution is -2.45. The molecule has 0 aliphatic rings. The average molecular weight is 428 g/mol. The van der Waals surface area contributed by atoms with Crippen molar-refractivity contribution < 1.29 is 19.1 Å². The Labute approximate surface area is 186 Å². The van der Waals surface area contributed by atoms with Crippen LogP contribution in [0.4, 0.5) is 4.79 Å². The lowest BCUT2D eigenvalue weighted by Gasteiger charge is -2.28. The van der Waals surface area contributed by atoms with Crippen molar-refractivity contribution in [2.24, 2.45) is 11.3 Å². The van der Waals surface area contributed by atoms with E-state index >= 15 is 0 Å². The molecule has 0 aromatic rings. The third-order valence-corrected chi connectivity index (χ3v) is 5.09. The smallest absolute Gasteiger partial charge is 0.410 e. The third kappa shape index (κ3) is 15.6. The number of ether oxygens (including phenoxy) is 2. The highest BCUT2D eigenvalue weighted by atomic mass is 16.6. The van der Waals surface area contributed by atoms with Gasteiger partial charge in [0.1, 0.15) is 6.04 Å². The zero-order valence-electron chi connectivity index (χ0n) is 20.9. The zero-order valence-corrected chi connectivity index (χ0v) is 20.9. The maximum absolute atomic E-state index is 12.6. The van der Waals surface area contributed by atoms with Crippen molar-refractivity contribution in [3.8, 4) is 0 Å². The van der Waals surface area contributed by atoms with Crippen LogP contribution < -0.4 is 0 Å². The van der Waals surface area contributed by atoms with E-state index in [1.54, 1.807) is 7.05 Å². The predicted molar refractivity (Wildman–Crippen MR) is 125 cm³/mol. The Morgan fingerprint density at radius 1 is 0.833 bits per heavy atom. The van der Waals surface area contributed by atoms with Crippen molar-refractivity contribution in [3.05, 3.63) is 0 Å². The highest BCUT2D eigenvalue weighted by molar-refractivity contribution is 5.81. The molecule has 0 aliphatic heterocycles. The van der Waals surface area contributed by atoms with Crippen molar-refractivity contribution >= 4 is 12.1 Å². The molecule has 0 bridgehead atoms. The van der Waals surface area contributed by atoms with Gasteiger partial charge in [-0.1, -0.05) is 99.3 Å². The number of likely N-dealkylation sites (N-methyl/N-ethyl adjacent to an activating group) is 1. The summed E-state index contributed by atoms with van der Waals surface area (Å²) in [5.41, 5.74) is -0.111. The second-order valence-corrected chi connectivity index (χ2v) is 10.2. The van der Waals surface area contributed by atoms with Gasteiger partial charge in [0.25, 0.3) is 0 Å². The fourth-order valence-corrected chi connectivity index (χ4v) is 3.22. The molecule has 0 radical (unpaired) electrons. The van der Waals surface area contributed by atoms with Crippen LogP contribution in [0.25, 0.3) is 0 Å². The fraction of sp³-hybridized carbons (Fsp3) is 0.920. The number of hydrogen-bond acceptors (Lipinski definition) is 4. The first kappa shape index (κ1) is 28.7. The number of carbonyl (C=O) groups excluding carboxylic acids is 2. The Morgan fingerprint density at radius 2 is 1.33 bits per heavy atom. The van der Waals surface area contributed by atoms with Gasteiger partial charge in [0, 0.05) is 7.05 Å². The molecule has 0 spiro atoms. The molecule has 1 amide bonds. The SMILES string of the molecule is CCCCCCCCCCCCOC(=O)C(CC(C)C)N(C)C(=O)OCC(C)(C)C. The summed E-state index contributed by atoms with van der Waals surface area (Å²) in [6.07, 6.45) is 12.5. The number of hydrogen-bond donors (Lipinski definition) is 0. The molecule has 0 N–H and O–H groups in total. The van der Waals surface area contributed by atoms with Crippen LogP contribution in [0.2, 0.25) is 0 Å². The van der Waals surface area contributed by atoms with Crippen LogP contribution in [-0.4, -0.2) is 43.3 Å². The van der Waals surface area contributed by atoms with E-state index in [2.05, 4.69) is 6.92 Å². The number of nitrogens with zero attached hydrogens (tertiary/aromatic N) is 1. The summed E-state index contributed by atoms with van der Waals surface area (Å²) in [5.74, 6) is -0.0485. The van der Waals surface area contributed by atoms with Gasteiger partial charge in [0.15, 0.2) is 0 Å². The van der Waals surface area contributed by atoms with Crippen LogP contribution in [0.5, 0.6) is 0 Å². The summed E-state index contributed by atoms with van der Waals surface area (Å²) in [4.78, 5) is 26.4. The van der Waals surface area contributed by atoms with E-state index in [0.29, 0.717) is 19.6 Å². The molecule has 0 saturated carbocycles. The molecule has 0 saturated heterocycles. The highest BCUT2D eigenvalue weighted by Gasteiger charge is 2.30. The van der Waals surface area contributed by atoms with Gasteiger partial charge in [-0.3, -0.25) is 4.90 Å². The first-order valence-corrected chi connectivity index (χ1v) is 12.1. The van der Waals surface area contributed by atoms with Crippen LogP contribution in [0.3, 0.4) is 0 Å². The Bertz CT molecular complexity index is 457. The van der Waals surface area contributed by atoms with E-state index in [-0.39, 0.29) is 17.3 Å². The number of unbranched alkanes of at least 4 members (excludes halogenated alkanes) is 9. The van der Waals surface area contributed by atoms with Gasteiger partial charge >= 0.3 is 12.1 Å². The topological polar surface area (TPSA) is 55.8 Å². The fourth-order valence-electron chi connectivity index (χ4n) is 3.22. The molecular weight excluding hydrogens is 378 g/mol. The molecule has 5 nitrogen and oxygen atoms in total. The van der Waals surface area contributed by atoms with Gasteiger partial charge in [-0.05, 0) is 24.2 Å². The summed E-state index contributed by atoms with van der Waals surface area (Å²) in [6.45, 7) is 13.1. The summed E-state index contributed by atoms with van der Waals surface area (Å²) in [7, 11) is 1.62. The first-order chi connectivity index (χ1) is 14.1. The monoisotopic (exact) mass is 427 g/mol. The largest absolute Gasteiger partial charge is 0.464 e. The lowest BCUT2D eigenvalue weighted by molar-refractivity contribution is -0.149. The zero-order chi connectivity index (χ0) is 23.0. The molecule has 1 unspecified atom stereocenters. The molecule has 0 rings (SSSR count). The Hall–Kier alpha value is -1.26. The molecule has 1 atom stereocenters. The molecule has 0 aliphatic carbocycles. The number of carbonyl (C=O) groups is 2. The van der Waals surface area contributed by atoms with Crippen LogP contribution in [0.15, 0.2) is 0 Å². The Balaban J connectivity index is 4.19. The molecule has 0 heterocycles. The second kappa shape index (κ2) is 16.4. The van der Waals surface area contributed by atoms with E-state index in [9.17, 15) is 9.59 Å². The maximum atomic E-state index is 12.6. The van der Waals surface area contributed by atoms with Gasteiger partial charge in [-0.15, -0.1) is 0 Å². The van der Waals surface area contributed by atoms with Gasteiger partial charge in [-0.25, -0.2) is 9.59 Å². The van der Waals surface area contributed by atoms with Crippen LogP contribution in [0.1, 0.15) is 112 Å². The minimum absolute atomic E-state index is 0.111. The van der Waals surface area contributed by atoms with Crippen LogP contribution >= 0.6 is 0 Å². The van der Waals surface area contributed by atoms with Gasteiger partial charge in [0.2, 0.25) is 0 Å². The summed E-state index contributed by atoms with van der Waals surface area (Å²) in [6, 6.07) is -0.597. The summed E-state index contributed by atoms with van der Waals surface area (Å²) in [5, 5.41) is 0. The van der Waals surface area contributed by atoms with Crippen LogP contribution in [-0.2, 0) is 14.3 Å². The molecule has 0 aromatic heterocycles. The van der Waals surface area contributed by atoms with E-state index < -0.39 is 12.1 Å². The Kier molecular flexibility index (Phi) is 15.7. The van der Waals surface area contributed by atoms with Gasteiger partial charge in [0.05, 0.1) is 13.2 Å². The number of rotatable bonds is 16. The number of amides is 1. The van der Waals surface area contributed by atoms with E-state index in [1.807, 2.05) is 34.6 Å². The van der Waals surface area contributed by atoms with Crippen LogP contribution in [0, 0.1) is 11.3 Å². The lowest BCUT2D eigenvalue weighted by atomic mass is 9.99. The highest BCUT2D eigenvalue weighted by Crippen LogP contribution is 2.17. The van der Waals surface area contributed by atoms with E-state index in [0.717, 1.165) is 12.8 Å². The average Bonchev–Trinajstić information content (AvgIpc) is 2.67. The minimum Gasteiger partial charge on any atom is -0.464 e. The second-order valence-electron chi connectivity index (χ2n) is 10.2. The van der Waals surface area contributed by atoms with Gasteiger partial charge < -0.3 is 9.47 Å². The molecule has 0 aromatic carbocycles. The number of esters is 1. The minimum atomic E-state index is -0.597. The van der Waals surface area contributed by atoms with Crippen molar-refractivity contribution in [3.63, 3.8) is 0 Å². The molecule has 178 valence electrons. The standard InChI is InChI=1S/C25H49NO4/c1-8-9-10-11-12-13-14-15-16-17-18-29-23(27)22(19-21(2)3)26(7)24(28)30-20-25(4,5)6/h21-22H,8-20H2,1-7H3. The normalized spacial score (nSPS) is 12.7. The molecule has 0 fully saturated rings. The molecule has 5 heteroatoms. The van der Waals surface area contributed by atoms with Crippen molar-refractivity contribution in [1.82, 2.24) is 4.90 Å². The maximum Gasteiger partial charge on any atom is 0.410 e. The quantitative estimate of drug-likeness (QED) is 0.197. The van der Waals surface area contributed by atoms with E-state index in [4.69, 9.17) is 9.47 Å². The first-order valence-electron chi connectivity index (χ1n) is 12.1. The van der Waals surface area contributed by atoms with Crippen molar-refractivity contribution in [2.45, 2.75) is 118 Å². The third-order valence-electron chi connectivity index (χ3n) is 5.09. The summed E-state index contributed by atoms with van der Waals surface area (Å²) < 4.78 is 10.9. The Morgan fingerprint density at radius 3 is 1.80 bits per heavy atom.